The van der Waals surface area contributed by atoms with Crippen molar-refractivity contribution in [1.29, 1.82) is 0 Å². The van der Waals surface area contributed by atoms with E-state index in [1.54, 1.807) is 0 Å². The van der Waals surface area contributed by atoms with Gasteiger partial charge in [-0.15, -0.1) is 0 Å². The summed E-state index contributed by atoms with van der Waals surface area (Å²) in [6.07, 6.45) is 2.29. The summed E-state index contributed by atoms with van der Waals surface area (Å²) in [6, 6.07) is 6.01. The molecular weight excluding hydrogens is 258 g/mol. The van der Waals surface area contributed by atoms with Crippen molar-refractivity contribution in [2.24, 2.45) is 0 Å². The summed E-state index contributed by atoms with van der Waals surface area (Å²) < 4.78 is 2.34. The van der Waals surface area contributed by atoms with Gasteiger partial charge in [-0.25, -0.2) is 4.98 Å². The Balaban J connectivity index is 2.17. The second-order valence-electron chi connectivity index (χ2n) is 5.62. The first-order chi connectivity index (χ1) is 9.14. The van der Waals surface area contributed by atoms with Gasteiger partial charge in [0.25, 0.3) is 0 Å². The highest BCUT2D eigenvalue weighted by atomic mass is 35.5. The van der Waals surface area contributed by atoms with E-state index in [0.29, 0.717) is 0 Å². The Hall–Kier alpha value is -1.06. The zero-order valence-electron chi connectivity index (χ0n) is 11.5. The molecule has 2 heterocycles. The Labute approximate surface area is 119 Å². The van der Waals surface area contributed by atoms with Gasteiger partial charge in [0.05, 0.1) is 11.0 Å². The molecule has 1 aromatic heterocycles. The maximum atomic E-state index is 6.08. The van der Waals surface area contributed by atoms with E-state index in [0.717, 1.165) is 43.0 Å². The lowest BCUT2D eigenvalue weighted by molar-refractivity contribution is 0.310. The first kappa shape index (κ1) is 12.9. The van der Waals surface area contributed by atoms with Crippen LogP contribution in [0.2, 0.25) is 5.02 Å². The van der Waals surface area contributed by atoms with E-state index in [2.05, 4.69) is 29.8 Å². The fourth-order valence-electron chi connectivity index (χ4n) is 3.09. The van der Waals surface area contributed by atoms with Gasteiger partial charge in [-0.05, 0) is 51.1 Å². The third-order valence-corrected chi connectivity index (χ3v) is 4.51. The molecule has 3 nitrogen and oxygen atoms in total. The molecule has 0 aliphatic carbocycles. The highest BCUT2D eigenvalue weighted by Crippen LogP contribution is 2.34. The van der Waals surface area contributed by atoms with Gasteiger partial charge >= 0.3 is 0 Å². The fraction of sp³-hybridized carbons (Fsp3) is 0.533. The molecule has 1 aliphatic heterocycles. The quantitative estimate of drug-likeness (QED) is 0.912. The molecule has 0 saturated carbocycles. The standard InChI is InChI=1S/C15H20ClN3/c1-3-19-13-5-4-11(16)10-12(13)18-14(19)15(2)6-8-17-9-7-15/h4-5,10,17H,3,6-9H2,1-2H3. The summed E-state index contributed by atoms with van der Waals surface area (Å²) in [6.45, 7) is 7.62. The van der Waals surface area contributed by atoms with Crippen LogP contribution in [0.4, 0.5) is 0 Å². The Morgan fingerprint density at radius 1 is 1.37 bits per heavy atom. The average molecular weight is 278 g/mol. The van der Waals surface area contributed by atoms with E-state index in [9.17, 15) is 0 Å². The van der Waals surface area contributed by atoms with Gasteiger partial charge in [0.1, 0.15) is 5.82 Å². The van der Waals surface area contributed by atoms with Crippen molar-refractivity contribution < 1.29 is 0 Å². The zero-order chi connectivity index (χ0) is 13.5. The summed E-state index contributed by atoms with van der Waals surface area (Å²) >= 11 is 6.08. The molecule has 1 saturated heterocycles. The van der Waals surface area contributed by atoms with Crippen LogP contribution in [-0.4, -0.2) is 22.6 Å². The lowest BCUT2D eigenvalue weighted by atomic mass is 9.80. The Bertz CT molecular complexity index is 597. The van der Waals surface area contributed by atoms with E-state index in [4.69, 9.17) is 16.6 Å². The van der Waals surface area contributed by atoms with Gasteiger partial charge in [0, 0.05) is 17.0 Å². The zero-order valence-corrected chi connectivity index (χ0v) is 12.3. The van der Waals surface area contributed by atoms with Gasteiger partial charge in [-0.3, -0.25) is 0 Å². The lowest BCUT2D eigenvalue weighted by Crippen LogP contribution is -2.39. The maximum absolute atomic E-state index is 6.08. The molecule has 0 bridgehead atoms. The minimum atomic E-state index is 0.173. The van der Waals surface area contributed by atoms with Crippen LogP contribution >= 0.6 is 11.6 Å². The SMILES string of the molecule is CCn1c(C2(C)CCNCC2)nc2cc(Cl)ccc21. The largest absolute Gasteiger partial charge is 0.328 e. The van der Waals surface area contributed by atoms with Crippen LogP contribution in [0, 0.1) is 0 Å². The molecule has 3 rings (SSSR count). The van der Waals surface area contributed by atoms with Crippen molar-refractivity contribution in [1.82, 2.24) is 14.9 Å². The maximum Gasteiger partial charge on any atom is 0.115 e. The molecule has 0 spiro atoms. The molecule has 0 unspecified atom stereocenters. The monoisotopic (exact) mass is 277 g/mol. The van der Waals surface area contributed by atoms with Gasteiger partial charge in [0.2, 0.25) is 0 Å². The molecule has 19 heavy (non-hydrogen) atoms. The van der Waals surface area contributed by atoms with Crippen LogP contribution in [0.5, 0.6) is 0 Å². The Morgan fingerprint density at radius 3 is 2.79 bits per heavy atom. The van der Waals surface area contributed by atoms with Crippen LogP contribution in [0.3, 0.4) is 0 Å². The van der Waals surface area contributed by atoms with Crippen molar-refractivity contribution in [2.45, 2.75) is 38.6 Å². The van der Waals surface area contributed by atoms with Crippen molar-refractivity contribution in [2.75, 3.05) is 13.1 Å². The molecule has 102 valence electrons. The minimum Gasteiger partial charge on any atom is -0.328 e. The second-order valence-corrected chi connectivity index (χ2v) is 6.06. The summed E-state index contributed by atoms with van der Waals surface area (Å²) in [4.78, 5) is 4.89. The van der Waals surface area contributed by atoms with Crippen molar-refractivity contribution in [3.8, 4) is 0 Å². The van der Waals surface area contributed by atoms with Gasteiger partial charge in [-0.2, -0.15) is 0 Å². The number of hydrogen-bond donors (Lipinski definition) is 1. The van der Waals surface area contributed by atoms with E-state index in [-0.39, 0.29) is 5.41 Å². The smallest absolute Gasteiger partial charge is 0.115 e. The molecule has 0 radical (unpaired) electrons. The number of fused-ring (bicyclic) bond motifs is 1. The fourth-order valence-corrected chi connectivity index (χ4v) is 3.25. The summed E-state index contributed by atoms with van der Waals surface area (Å²) in [7, 11) is 0. The van der Waals surface area contributed by atoms with Crippen LogP contribution < -0.4 is 5.32 Å². The molecule has 0 amide bonds. The molecule has 4 heteroatoms. The first-order valence-corrected chi connectivity index (χ1v) is 7.39. The van der Waals surface area contributed by atoms with Crippen molar-refractivity contribution in [3.05, 3.63) is 29.0 Å². The van der Waals surface area contributed by atoms with E-state index in [1.165, 1.54) is 11.3 Å². The molecule has 1 N–H and O–H groups in total. The summed E-state index contributed by atoms with van der Waals surface area (Å²) in [5.74, 6) is 1.22. The van der Waals surface area contributed by atoms with E-state index >= 15 is 0 Å². The van der Waals surface area contributed by atoms with Crippen LogP contribution in [-0.2, 0) is 12.0 Å². The number of halogens is 1. The Kier molecular flexibility index (Phi) is 3.27. The second kappa shape index (κ2) is 4.80. The van der Waals surface area contributed by atoms with Gasteiger partial charge in [-0.1, -0.05) is 18.5 Å². The van der Waals surface area contributed by atoms with Gasteiger partial charge in [0.15, 0.2) is 0 Å². The molecule has 2 aromatic rings. The molecule has 1 fully saturated rings. The number of nitrogens with one attached hydrogen (secondary N) is 1. The number of imidazole rings is 1. The molecule has 0 atom stereocenters. The topological polar surface area (TPSA) is 29.9 Å². The number of benzene rings is 1. The predicted molar refractivity (Wildman–Crippen MR) is 79.9 cm³/mol. The summed E-state index contributed by atoms with van der Waals surface area (Å²) in [5.41, 5.74) is 2.39. The first-order valence-electron chi connectivity index (χ1n) is 7.01. The van der Waals surface area contributed by atoms with Gasteiger partial charge < -0.3 is 9.88 Å². The highest BCUT2D eigenvalue weighted by Gasteiger charge is 2.33. The number of piperidine rings is 1. The minimum absolute atomic E-state index is 0.173. The van der Waals surface area contributed by atoms with Crippen molar-refractivity contribution >= 4 is 22.6 Å². The Morgan fingerprint density at radius 2 is 2.11 bits per heavy atom. The van der Waals surface area contributed by atoms with Crippen LogP contribution in [0.25, 0.3) is 11.0 Å². The van der Waals surface area contributed by atoms with Crippen LogP contribution in [0.15, 0.2) is 18.2 Å². The van der Waals surface area contributed by atoms with E-state index < -0.39 is 0 Å². The number of hydrogen-bond acceptors (Lipinski definition) is 2. The molecule has 1 aromatic carbocycles. The average Bonchev–Trinajstić information content (AvgIpc) is 2.78. The highest BCUT2D eigenvalue weighted by molar-refractivity contribution is 6.31. The number of rotatable bonds is 2. The third kappa shape index (κ3) is 2.15. The number of aryl methyl sites for hydroxylation is 1. The molecular formula is C15H20ClN3. The normalized spacial score (nSPS) is 18.9. The molecule has 1 aliphatic rings. The van der Waals surface area contributed by atoms with Crippen LogP contribution in [0.1, 0.15) is 32.5 Å². The van der Waals surface area contributed by atoms with Crippen molar-refractivity contribution in [3.63, 3.8) is 0 Å². The predicted octanol–water partition coefficient (Wildman–Crippen LogP) is 3.35. The van der Waals surface area contributed by atoms with E-state index in [1.807, 2.05) is 12.1 Å². The summed E-state index contributed by atoms with van der Waals surface area (Å²) in [5, 5.41) is 4.19. The number of aromatic nitrogens is 2. The third-order valence-electron chi connectivity index (χ3n) is 4.27. The number of nitrogens with zero attached hydrogens (tertiary/aromatic N) is 2. The lowest BCUT2D eigenvalue weighted by Gasteiger charge is -2.33.